The molecule has 0 aliphatic rings. The Kier molecular flexibility index (Phi) is 8.79. The largest absolute Gasteiger partial charge is 0.495 e. The fraction of sp³-hybridized carbons (Fsp3) is 0.182. The molecule has 0 radical (unpaired) electrons. The van der Waals surface area contributed by atoms with E-state index >= 15 is 0 Å². The molecule has 4 aromatic carbocycles. The van der Waals surface area contributed by atoms with Crippen molar-refractivity contribution in [3.63, 3.8) is 0 Å². The van der Waals surface area contributed by atoms with Gasteiger partial charge >= 0.3 is 6.03 Å². The number of carbonyl (C=O) groups excluding carboxylic acids is 1. The highest BCUT2D eigenvalue weighted by molar-refractivity contribution is 9.10. The Balaban J connectivity index is 1.66. The number of aromatic nitrogens is 2. The van der Waals surface area contributed by atoms with Crippen molar-refractivity contribution in [1.82, 2.24) is 14.5 Å². The number of ether oxygens (including phenoxy) is 1. The molecule has 208 valence electrons. The van der Waals surface area contributed by atoms with Gasteiger partial charge in [-0.05, 0) is 60.9 Å². The summed E-state index contributed by atoms with van der Waals surface area (Å²) in [5.74, 6) is 1.01. The van der Waals surface area contributed by atoms with Gasteiger partial charge < -0.3 is 15.0 Å². The van der Waals surface area contributed by atoms with E-state index in [1.807, 2.05) is 104 Å². The number of halogens is 1. The van der Waals surface area contributed by atoms with Gasteiger partial charge in [0, 0.05) is 16.7 Å². The van der Waals surface area contributed by atoms with Crippen LogP contribution < -0.4 is 15.6 Å². The number of rotatable bonds is 9. The van der Waals surface area contributed by atoms with E-state index in [-0.39, 0.29) is 11.6 Å². The maximum atomic E-state index is 14.1. The van der Waals surface area contributed by atoms with Crippen molar-refractivity contribution in [2.45, 2.75) is 25.8 Å². The van der Waals surface area contributed by atoms with Crippen molar-refractivity contribution < 1.29 is 9.53 Å². The van der Waals surface area contributed by atoms with E-state index in [2.05, 4.69) is 21.2 Å². The fourth-order valence-electron chi connectivity index (χ4n) is 5.02. The van der Waals surface area contributed by atoms with Crippen molar-refractivity contribution in [2.24, 2.45) is 0 Å². The molecular formula is C33H31BrN4O3. The van der Waals surface area contributed by atoms with E-state index in [0.29, 0.717) is 53.2 Å². The van der Waals surface area contributed by atoms with E-state index in [4.69, 9.17) is 9.72 Å². The van der Waals surface area contributed by atoms with Crippen molar-refractivity contribution in [3.8, 4) is 11.4 Å². The Morgan fingerprint density at radius 2 is 1.71 bits per heavy atom. The number of amides is 2. The highest BCUT2D eigenvalue weighted by Gasteiger charge is 2.30. The summed E-state index contributed by atoms with van der Waals surface area (Å²) in [6.07, 6.45) is 1.16. The van der Waals surface area contributed by atoms with Gasteiger partial charge in [0.25, 0.3) is 5.56 Å². The number of hydrogen-bond donors (Lipinski definition) is 1. The van der Waals surface area contributed by atoms with Crippen molar-refractivity contribution >= 4 is 38.6 Å². The molecule has 1 unspecified atom stereocenters. The summed E-state index contributed by atoms with van der Waals surface area (Å²) in [4.78, 5) is 34.9. The molecule has 0 fully saturated rings. The molecule has 7 nitrogen and oxygen atoms in total. The number of nitrogens with zero attached hydrogens (tertiary/aromatic N) is 3. The van der Waals surface area contributed by atoms with Gasteiger partial charge in [-0.1, -0.05) is 83.5 Å². The Labute approximate surface area is 247 Å². The molecule has 1 atom stereocenters. The van der Waals surface area contributed by atoms with Crippen LogP contribution in [0.3, 0.4) is 0 Å². The molecule has 0 aliphatic heterocycles. The van der Waals surface area contributed by atoms with Crippen LogP contribution in [0.25, 0.3) is 16.6 Å². The fourth-order valence-corrected chi connectivity index (χ4v) is 5.42. The lowest BCUT2D eigenvalue weighted by molar-refractivity contribution is 0.182. The number of para-hydroxylation sites is 3. The normalized spacial score (nSPS) is 11.7. The van der Waals surface area contributed by atoms with E-state index in [9.17, 15) is 9.59 Å². The standard InChI is InChI=1S/C33H31BrN4O3/c1-3-28(37(21-20-23-12-5-4-6-13-23)33(40)35-25-15-11-14-24(34)22-25)31-36-27-17-8-7-16-26(27)32(39)38(31)29-18-9-10-19-30(29)41-2/h4-19,22,28H,3,20-21H2,1-2H3,(H,35,40). The number of methoxy groups -OCH3 is 1. The van der Waals surface area contributed by atoms with E-state index in [1.165, 1.54) is 0 Å². The smallest absolute Gasteiger partial charge is 0.322 e. The topological polar surface area (TPSA) is 76.5 Å². The first-order chi connectivity index (χ1) is 20.0. The molecule has 1 aromatic heterocycles. The second-order valence-electron chi connectivity index (χ2n) is 9.59. The molecule has 1 heterocycles. The monoisotopic (exact) mass is 610 g/mol. The average molecular weight is 612 g/mol. The summed E-state index contributed by atoms with van der Waals surface area (Å²) in [6.45, 7) is 2.41. The predicted octanol–water partition coefficient (Wildman–Crippen LogP) is 7.38. The van der Waals surface area contributed by atoms with Gasteiger partial charge in [0.05, 0.1) is 29.7 Å². The summed E-state index contributed by atoms with van der Waals surface area (Å²) in [6, 6.07) is 31.4. The summed E-state index contributed by atoms with van der Waals surface area (Å²) in [5, 5.41) is 3.55. The van der Waals surface area contributed by atoms with Crippen LogP contribution in [0.4, 0.5) is 10.5 Å². The minimum Gasteiger partial charge on any atom is -0.495 e. The number of hydrogen-bond acceptors (Lipinski definition) is 4. The summed E-state index contributed by atoms with van der Waals surface area (Å²) >= 11 is 3.48. The van der Waals surface area contributed by atoms with Gasteiger partial charge in [0.15, 0.2) is 0 Å². The van der Waals surface area contributed by atoms with Gasteiger partial charge in [-0.2, -0.15) is 0 Å². The minimum absolute atomic E-state index is 0.219. The number of fused-ring (bicyclic) bond motifs is 1. The Bertz CT molecular complexity index is 1720. The van der Waals surface area contributed by atoms with Crippen LogP contribution in [0.15, 0.2) is 112 Å². The van der Waals surface area contributed by atoms with Crippen LogP contribution >= 0.6 is 15.9 Å². The lowest BCUT2D eigenvalue weighted by Gasteiger charge is -2.32. The molecule has 0 saturated heterocycles. The number of nitrogens with one attached hydrogen (secondary N) is 1. The summed E-state index contributed by atoms with van der Waals surface area (Å²) in [5.41, 5.74) is 2.70. The molecule has 1 N–H and O–H groups in total. The van der Waals surface area contributed by atoms with Crippen molar-refractivity contribution in [3.05, 3.63) is 129 Å². The average Bonchev–Trinajstić information content (AvgIpc) is 3.00. The zero-order chi connectivity index (χ0) is 28.8. The summed E-state index contributed by atoms with van der Waals surface area (Å²) in [7, 11) is 1.58. The second-order valence-corrected chi connectivity index (χ2v) is 10.5. The highest BCUT2D eigenvalue weighted by atomic mass is 79.9. The lowest BCUT2D eigenvalue weighted by atomic mass is 10.1. The van der Waals surface area contributed by atoms with Gasteiger partial charge in [-0.25, -0.2) is 9.78 Å². The number of benzene rings is 4. The van der Waals surface area contributed by atoms with Crippen LogP contribution in [0, 0.1) is 0 Å². The number of carbonyl (C=O) groups is 1. The van der Waals surface area contributed by atoms with E-state index < -0.39 is 6.04 Å². The van der Waals surface area contributed by atoms with Crippen LogP contribution in [-0.2, 0) is 6.42 Å². The Morgan fingerprint density at radius 1 is 0.976 bits per heavy atom. The zero-order valence-corrected chi connectivity index (χ0v) is 24.5. The molecule has 5 rings (SSSR count). The summed E-state index contributed by atoms with van der Waals surface area (Å²) < 4.78 is 8.11. The second kappa shape index (κ2) is 12.8. The molecule has 41 heavy (non-hydrogen) atoms. The van der Waals surface area contributed by atoms with Crippen LogP contribution in [0.5, 0.6) is 5.75 Å². The molecule has 0 spiro atoms. The van der Waals surface area contributed by atoms with Crippen molar-refractivity contribution in [1.29, 1.82) is 0 Å². The predicted molar refractivity (Wildman–Crippen MR) is 167 cm³/mol. The van der Waals surface area contributed by atoms with E-state index in [0.717, 1.165) is 10.0 Å². The molecule has 0 bridgehead atoms. The highest BCUT2D eigenvalue weighted by Crippen LogP contribution is 2.30. The molecule has 8 heteroatoms. The molecular weight excluding hydrogens is 580 g/mol. The number of urea groups is 1. The van der Waals surface area contributed by atoms with Gasteiger partial charge in [-0.3, -0.25) is 9.36 Å². The third kappa shape index (κ3) is 6.18. The van der Waals surface area contributed by atoms with E-state index in [1.54, 1.807) is 22.6 Å². The Hall–Kier alpha value is -4.43. The van der Waals surface area contributed by atoms with Gasteiger partial charge in [0.1, 0.15) is 11.6 Å². The first-order valence-electron chi connectivity index (χ1n) is 13.5. The van der Waals surface area contributed by atoms with Crippen LogP contribution in [-0.4, -0.2) is 34.1 Å². The molecule has 0 aliphatic carbocycles. The van der Waals surface area contributed by atoms with Gasteiger partial charge in [-0.15, -0.1) is 0 Å². The zero-order valence-electron chi connectivity index (χ0n) is 23.0. The number of anilines is 1. The third-order valence-electron chi connectivity index (χ3n) is 7.01. The molecule has 2 amide bonds. The minimum atomic E-state index is -0.520. The first-order valence-corrected chi connectivity index (χ1v) is 14.3. The Morgan fingerprint density at radius 3 is 2.46 bits per heavy atom. The maximum absolute atomic E-state index is 14.1. The first kappa shape index (κ1) is 28.1. The maximum Gasteiger partial charge on any atom is 0.322 e. The quantitative estimate of drug-likeness (QED) is 0.189. The van der Waals surface area contributed by atoms with Crippen molar-refractivity contribution in [2.75, 3.05) is 19.0 Å². The van der Waals surface area contributed by atoms with Crippen LogP contribution in [0.1, 0.15) is 30.8 Å². The third-order valence-corrected chi connectivity index (χ3v) is 7.50. The SMILES string of the molecule is CCC(c1nc2ccccc2c(=O)n1-c1ccccc1OC)N(CCc1ccccc1)C(=O)Nc1cccc(Br)c1. The van der Waals surface area contributed by atoms with Gasteiger partial charge in [0.2, 0.25) is 0 Å². The molecule has 0 saturated carbocycles. The molecule has 5 aromatic rings. The lowest BCUT2D eigenvalue weighted by Crippen LogP contribution is -2.42. The van der Waals surface area contributed by atoms with Crippen LogP contribution in [0.2, 0.25) is 0 Å².